The zero-order chi connectivity index (χ0) is 26.8. The van der Waals surface area contributed by atoms with E-state index < -0.39 is 0 Å². The van der Waals surface area contributed by atoms with Crippen LogP contribution in [0.1, 0.15) is 62.4 Å². The van der Waals surface area contributed by atoms with Crippen LogP contribution in [0.5, 0.6) is 0 Å². The van der Waals surface area contributed by atoms with Gasteiger partial charge in [-0.15, -0.1) is 0 Å². The van der Waals surface area contributed by atoms with Crippen molar-refractivity contribution >= 4 is 22.9 Å². The molecule has 3 aliphatic carbocycles. The standard InChI is InChI=1S/C34H34N4O/c1-32(2,3)26-11-8-23(9-12-26)14-16-33-20-34(21-33,22-33)31(39)38-17-15-24-10-13-28(36-29(24)19-38)30-35-18-25-6-4-5-7-27(25)37-30/h4-14,16,18H,15,17,19-22H2,1-3H3/b16-14+. The molecule has 196 valence electrons. The Morgan fingerprint density at radius 3 is 2.49 bits per heavy atom. The molecule has 4 aromatic rings. The van der Waals surface area contributed by atoms with Gasteiger partial charge in [0.15, 0.2) is 5.82 Å². The largest absolute Gasteiger partial charge is 0.336 e. The summed E-state index contributed by atoms with van der Waals surface area (Å²) in [5.74, 6) is 0.938. The van der Waals surface area contributed by atoms with Gasteiger partial charge in [-0.1, -0.05) is 81.5 Å². The third-order valence-corrected chi connectivity index (χ3v) is 9.00. The summed E-state index contributed by atoms with van der Waals surface area (Å²) in [6.07, 6.45) is 10.2. The lowest BCUT2D eigenvalue weighted by Crippen LogP contribution is -2.67. The maximum Gasteiger partial charge on any atom is 0.229 e. The minimum atomic E-state index is -0.170. The number of rotatable bonds is 4. The van der Waals surface area contributed by atoms with Crippen molar-refractivity contribution in [2.45, 2.75) is 58.4 Å². The van der Waals surface area contributed by atoms with Gasteiger partial charge in [0.25, 0.3) is 0 Å². The van der Waals surface area contributed by atoms with E-state index in [0.717, 1.165) is 54.5 Å². The van der Waals surface area contributed by atoms with Crippen LogP contribution in [0.4, 0.5) is 0 Å². The molecule has 2 aromatic heterocycles. The second-order valence-electron chi connectivity index (χ2n) is 12.9. The van der Waals surface area contributed by atoms with Crippen molar-refractivity contribution in [3.63, 3.8) is 0 Å². The third kappa shape index (κ3) is 4.15. The molecule has 0 N–H and O–H groups in total. The lowest BCUT2D eigenvalue weighted by Gasteiger charge is -2.69. The van der Waals surface area contributed by atoms with Gasteiger partial charge >= 0.3 is 0 Å². The first-order valence-electron chi connectivity index (χ1n) is 14.0. The van der Waals surface area contributed by atoms with Crippen LogP contribution >= 0.6 is 0 Å². The van der Waals surface area contributed by atoms with Crippen LogP contribution in [0, 0.1) is 10.8 Å². The van der Waals surface area contributed by atoms with Crippen molar-refractivity contribution in [2.24, 2.45) is 10.8 Å². The van der Waals surface area contributed by atoms with Crippen molar-refractivity contribution < 1.29 is 4.79 Å². The number of amides is 1. The van der Waals surface area contributed by atoms with E-state index in [4.69, 9.17) is 9.97 Å². The maximum atomic E-state index is 13.6. The second kappa shape index (κ2) is 8.57. The summed E-state index contributed by atoms with van der Waals surface area (Å²) in [5.41, 5.74) is 6.65. The van der Waals surface area contributed by atoms with Crippen molar-refractivity contribution in [1.29, 1.82) is 0 Å². The first-order valence-corrected chi connectivity index (χ1v) is 14.0. The number of para-hydroxylation sites is 1. The Morgan fingerprint density at radius 1 is 0.949 bits per heavy atom. The Bertz CT molecular complexity index is 1610. The Kier molecular flexibility index (Phi) is 5.32. The summed E-state index contributed by atoms with van der Waals surface area (Å²) in [7, 11) is 0. The van der Waals surface area contributed by atoms with Gasteiger partial charge in [-0.25, -0.2) is 15.0 Å². The van der Waals surface area contributed by atoms with Crippen LogP contribution in [0.3, 0.4) is 0 Å². The van der Waals surface area contributed by atoms with E-state index in [1.807, 2.05) is 41.4 Å². The number of allylic oxidation sites excluding steroid dienone is 1. The molecule has 0 unspecified atom stereocenters. The molecule has 8 rings (SSSR count). The number of benzene rings is 2. The first kappa shape index (κ1) is 24.2. The number of pyridine rings is 1. The molecule has 3 fully saturated rings. The molecule has 5 heteroatoms. The molecule has 1 aliphatic heterocycles. The molecule has 0 saturated heterocycles. The van der Waals surface area contributed by atoms with Gasteiger partial charge in [-0.05, 0) is 65.3 Å². The van der Waals surface area contributed by atoms with Gasteiger partial charge < -0.3 is 4.90 Å². The van der Waals surface area contributed by atoms with Crippen molar-refractivity contribution in [1.82, 2.24) is 19.9 Å². The van der Waals surface area contributed by atoms with Gasteiger partial charge in [-0.2, -0.15) is 0 Å². The predicted molar refractivity (Wildman–Crippen MR) is 155 cm³/mol. The Labute approximate surface area is 230 Å². The van der Waals surface area contributed by atoms with Crippen molar-refractivity contribution in [3.05, 3.63) is 95.3 Å². The minimum absolute atomic E-state index is 0.166. The molecule has 5 nitrogen and oxygen atoms in total. The fourth-order valence-corrected chi connectivity index (χ4v) is 6.78. The molecular formula is C34H34N4O. The Balaban J connectivity index is 1.02. The molecule has 3 saturated carbocycles. The van der Waals surface area contributed by atoms with E-state index in [-0.39, 0.29) is 16.2 Å². The number of nitrogens with zero attached hydrogens (tertiary/aromatic N) is 4. The number of hydrogen-bond donors (Lipinski definition) is 0. The fraction of sp³-hybridized carbons (Fsp3) is 0.353. The number of fused-ring (bicyclic) bond motifs is 2. The predicted octanol–water partition coefficient (Wildman–Crippen LogP) is 6.76. The van der Waals surface area contributed by atoms with Gasteiger partial charge in [-0.3, -0.25) is 4.79 Å². The van der Waals surface area contributed by atoms with Crippen LogP contribution in [-0.2, 0) is 23.2 Å². The van der Waals surface area contributed by atoms with E-state index in [9.17, 15) is 4.79 Å². The highest BCUT2D eigenvalue weighted by molar-refractivity contribution is 5.87. The lowest BCUT2D eigenvalue weighted by molar-refractivity contribution is -0.199. The number of hydrogen-bond acceptors (Lipinski definition) is 4. The monoisotopic (exact) mass is 514 g/mol. The minimum Gasteiger partial charge on any atom is -0.336 e. The Morgan fingerprint density at radius 2 is 1.72 bits per heavy atom. The highest BCUT2D eigenvalue weighted by atomic mass is 16.2. The smallest absolute Gasteiger partial charge is 0.229 e. The molecule has 39 heavy (non-hydrogen) atoms. The van der Waals surface area contributed by atoms with Crippen LogP contribution in [0.25, 0.3) is 28.5 Å². The number of carbonyl (C=O) groups is 1. The summed E-state index contributed by atoms with van der Waals surface area (Å²) in [4.78, 5) is 29.9. The summed E-state index contributed by atoms with van der Waals surface area (Å²) >= 11 is 0. The van der Waals surface area contributed by atoms with Crippen LogP contribution in [0.2, 0.25) is 0 Å². The topological polar surface area (TPSA) is 59.0 Å². The molecule has 0 atom stereocenters. The van der Waals surface area contributed by atoms with Crippen LogP contribution < -0.4 is 0 Å². The van der Waals surface area contributed by atoms with Crippen molar-refractivity contribution in [3.8, 4) is 11.5 Å². The van der Waals surface area contributed by atoms with E-state index in [1.165, 1.54) is 16.7 Å². The quantitative estimate of drug-likeness (QED) is 0.302. The third-order valence-electron chi connectivity index (χ3n) is 9.00. The molecule has 3 heterocycles. The van der Waals surface area contributed by atoms with Gasteiger partial charge in [0.05, 0.1) is 23.2 Å². The van der Waals surface area contributed by atoms with Crippen molar-refractivity contribution in [2.75, 3.05) is 6.54 Å². The SMILES string of the molecule is CC(C)(C)c1ccc(/C=C/C23CC(C(=O)N4CCc5ccc(-c6ncc7ccccc7n6)nc5C4)(C2)C3)cc1. The number of aromatic nitrogens is 3. The van der Waals surface area contributed by atoms with E-state index in [0.29, 0.717) is 18.3 Å². The molecule has 2 bridgehead atoms. The molecular weight excluding hydrogens is 480 g/mol. The summed E-state index contributed by atoms with van der Waals surface area (Å²) < 4.78 is 0. The number of carbonyl (C=O) groups excluding carboxylic acids is 1. The van der Waals surface area contributed by atoms with Gasteiger partial charge in [0.2, 0.25) is 5.91 Å². The highest BCUT2D eigenvalue weighted by Gasteiger charge is 2.70. The second-order valence-corrected chi connectivity index (χ2v) is 12.9. The summed E-state index contributed by atoms with van der Waals surface area (Å²) in [6.45, 7) is 8.06. The average molecular weight is 515 g/mol. The zero-order valence-corrected chi connectivity index (χ0v) is 22.9. The van der Waals surface area contributed by atoms with Crippen LogP contribution in [0.15, 0.2) is 72.9 Å². The molecule has 4 aliphatic rings. The Hall–Kier alpha value is -3.86. The molecule has 2 aromatic carbocycles. The highest BCUT2D eigenvalue weighted by Crippen LogP contribution is 2.74. The molecule has 1 amide bonds. The molecule has 0 spiro atoms. The van der Waals surface area contributed by atoms with E-state index in [2.05, 4.69) is 68.2 Å². The zero-order valence-electron chi connectivity index (χ0n) is 22.9. The van der Waals surface area contributed by atoms with Crippen LogP contribution in [-0.4, -0.2) is 32.3 Å². The van der Waals surface area contributed by atoms with E-state index >= 15 is 0 Å². The molecule has 0 radical (unpaired) electrons. The summed E-state index contributed by atoms with van der Waals surface area (Å²) in [6, 6.07) is 21.0. The lowest BCUT2D eigenvalue weighted by atomic mass is 9.34. The average Bonchev–Trinajstić information content (AvgIpc) is 2.90. The van der Waals surface area contributed by atoms with Gasteiger partial charge in [0.1, 0.15) is 5.69 Å². The first-order chi connectivity index (χ1) is 18.7. The van der Waals surface area contributed by atoms with E-state index in [1.54, 1.807) is 0 Å². The fourth-order valence-electron chi connectivity index (χ4n) is 6.78. The summed E-state index contributed by atoms with van der Waals surface area (Å²) in [5, 5.41) is 1.01. The van der Waals surface area contributed by atoms with Gasteiger partial charge in [0, 0.05) is 18.1 Å². The maximum absolute atomic E-state index is 13.6. The normalized spacial score (nSPS) is 23.8.